The van der Waals surface area contributed by atoms with Gasteiger partial charge in [0.2, 0.25) is 0 Å². The lowest BCUT2D eigenvalue weighted by Gasteiger charge is -2.13. The average molecular weight is 452 g/mol. The van der Waals surface area contributed by atoms with Gasteiger partial charge in [-0.15, -0.1) is 0 Å². The van der Waals surface area contributed by atoms with E-state index in [0.29, 0.717) is 15.2 Å². The quantitative estimate of drug-likeness (QED) is 0.557. The molecule has 0 fully saturated rings. The van der Waals surface area contributed by atoms with Crippen LogP contribution in [0.25, 0.3) is 0 Å². The molecule has 0 radical (unpaired) electrons. The summed E-state index contributed by atoms with van der Waals surface area (Å²) < 4.78 is 5.52. The summed E-state index contributed by atoms with van der Waals surface area (Å²) in [5, 5.41) is 2.93. The van der Waals surface area contributed by atoms with Crippen LogP contribution in [0.4, 0.5) is 5.69 Å². The maximum absolute atomic E-state index is 12.2. The first-order valence-corrected chi connectivity index (χ1v) is 8.89. The highest BCUT2D eigenvalue weighted by atomic mass is 79.9. The number of rotatable bonds is 5. The number of carbonyl (C=O) groups excluding carboxylic acids is 4. The molecule has 1 aliphatic heterocycles. The number of fused-ring (bicyclic) bond motifs is 1. The lowest BCUT2D eigenvalue weighted by Crippen LogP contribution is -2.36. The van der Waals surface area contributed by atoms with E-state index >= 15 is 0 Å². The molecule has 3 amide bonds. The summed E-state index contributed by atoms with van der Waals surface area (Å²) in [4.78, 5) is 48.9. The molecule has 9 heteroatoms. The molecule has 0 bridgehead atoms. The number of nitrogens with one attached hydrogen (secondary N) is 1. The van der Waals surface area contributed by atoms with E-state index in [1.807, 2.05) is 0 Å². The van der Waals surface area contributed by atoms with E-state index in [-0.39, 0.29) is 11.1 Å². The zero-order valence-corrected chi connectivity index (χ0v) is 16.0. The van der Waals surface area contributed by atoms with E-state index < -0.39 is 36.8 Å². The van der Waals surface area contributed by atoms with E-state index in [0.717, 1.165) is 4.90 Å². The summed E-state index contributed by atoms with van der Waals surface area (Å²) >= 11 is 9.17. The lowest BCUT2D eigenvalue weighted by atomic mass is 10.1. The number of carbonyl (C=O) groups is 4. The van der Waals surface area contributed by atoms with Gasteiger partial charge in [0, 0.05) is 10.2 Å². The number of benzene rings is 2. The second-order valence-corrected chi connectivity index (χ2v) is 6.84. The number of hydrogen-bond acceptors (Lipinski definition) is 5. The van der Waals surface area contributed by atoms with Gasteiger partial charge in [0.05, 0.1) is 16.1 Å². The summed E-state index contributed by atoms with van der Waals surface area (Å²) in [6, 6.07) is 11.1. The number of ether oxygens (including phenoxy) is 1. The largest absolute Gasteiger partial charge is 0.454 e. The van der Waals surface area contributed by atoms with Gasteiger partial charge in [-0.05, 0) is 46.3 Å². The summed E-state index contributed by atoms with van der Waals surface area (Å²) in [6.07, 6.45) is 0. The Morgan fingerprint density at radius 2 is 1.70 bits per heavy atom. The Morgan fingerprint density at radius 3 is 2.30 bits per heavy atom. The smallest absolute Gasteiger partial charge is 0.326 e. The van der Waals surface area contributed by atoms with Gasteiger partial charge in [-0.3, -0.25) is 24.1 Å². The van der Waals surface area contributed by atoms with Crippen LogP contribution < -0.4 is 5.32 Å². The Bertz CT molecular complexity index is 928. The van der Waals surface area contributed by atoms with Crippen molar-refractivity contribution < 1.29 is 23.9 Å². The Morgan fingerprint density at radius 1 is 1.07 bits per heavy atom. The van der Waals surface area contributed by atoms with Gasteiger partial charge in [0.15, 0.2) is 6.61 Å². The van der Waals surface area contributed by atoms with Crippen LogP contribution in [0.3, 0.4) is 0 Å². The molecule has 0 aromatic heterocycles. The lowest BCUT2D eigenvalue weighted by molar-refractivity contribution is -0.147. The summed E-state index contributed by atoms with van der Waals surface area (Å²) in [5.41, 5.74) is 0.907. The van der Waals surface area contributed by atoms with Crippen molar-refractivity contribution in [1.82, 2.24) is 4.90 Å². The van der Waals surface area contributed by atoms with Crippen molar-refractivity contribution in [2.24, 2.45) is 0 Å². The minimum Gasteiger partial charge on any atom is -0.454 e. The predicted molar refractivity (Wildman–Crippen MR) is 101 cm³/mol. The number of hydrogen-bond donors (Lipinski definition) is 1. The van der Waals surface area contributed by atoms with Crippen molar-refractivity contribution in [3.63, 3.8) is 0 Å². The van der Waals surface area contributed by atoms with E-state index in [1.54, 1.807) is 24.3 Å². The molecule has 2 aromatic rings. The fourth-order valence-electron chi connectivity index (χ4n) is 2.47. The van der Waals surface area contributed by atoms with Crippen molar-refractivity contribution in [3.05, 3.63) is 63.1 Å². The molecular weight excluding hydrogens is 440 g/mol. The van der Waals surface area contributed by atoms with Crippen LogP contribution in [-0.2, 0) is 14.3 Å². The van der Waals surface area contributed by atoms with Gasteiger partial charge in [0.25, 0.3) is 17.7 Å². The minimum atomic E-state index is -0.867. The second kappa shape index (κ2) is 7.89. The van der Waals surface area contributed by atoms with Gasteiger partial charge < -0.3 is 10.1 Å². The first-order valence-electron chi connectivity index (χ1n) is 7.72. The predicted octanol–water partition coefficient (Wildman–Crippen LogP) is 2.88. The van der Waals surface area contributed by atoms with Crippen LogP contribution in [0.5, 0.6) is 0 Å². The van der Waals surface area contributed by atoms with Gasteiger partial charge in [-0.2, -0.15) is 0 Å². The molecule has 0 unspecified atom stereocenters. The highest BCUT2D eigenvalue weighted by molar-refractivity contribution is 9.10. The molecule has 0 saturated carbocycles. The number of imide groups is 1. The number of halogens is 2. The third-order valence-electron chi connectivity index (χ3n) is 3.73. The van der Waals surface area contributed by atoms with Crippen LogP contribution in [0.15, 0.2) is 46.9 Å². The zero-order chi connectivity index (χ0) is 19.6. The summed E-state index contributed by atoms with van der Waals surface area (Å²) in [7, 11) is 0. The van der Waals surface area contributed by atoms with Crippen molar-refractivity contribution in [3.8, 4) is 0 Å². The van der Waals surface area contributed by atoms with E-state index in [4.69, 9.17) is 16.3 Å². The van der Waals surface area contributed by atoms with Gasteiger partial charge in [-0.1, -0.05) is 23.7 Å². The normalized spacial score (nSPS) is 12.7. The number of nitrogens with zero attached hydrogens (tertiary/aromatic N) is 1. The monoisotopic (exact) mass is 450 g/mol. The topological polar surface area (TPSA) is 92.8 Å². The molecule has 1 N–H and O–H groups in total. The minimum absolute atomic E-state index is 0.236. The Balaban J connectivity index is 1.53. The maximum Gasteiger partial charge on any atom is 0.326 e. The first kappa shape index (κ1) is 19.1. The molecule has 1 aliphatic rings. The fourth-order valence-corrected chi connectivity index (χ4v) is 2.90. The Hall–Kier alpha value is -2.71. The number of esters is 1. The molecule has 138 valence electrons. The van der Waals surface area contributed by atoms with E-state index in [1.165, 1.54) is 18.2 Å². The van der Waals surface area contributed by atoms with Gasteiger partial charge >= 0.3 is 5.97 Å². The summed E-state index contributed by atoms with van der Waals surface area (Å²) in [6.45, 7) is -1.13. The Kier molecular flexibility index (Phi) is 5.57. The third-order valence-corrected chi connectivity index (χ3v) is 4.97. The summed E-state index contributed by atoms with van der Waals surface area (Å²) in [5.74, 6) is -2.58. The second-order valence-electron chi connectivity index (χ2n) is 5.58. The molecule has 27 heavy (non-hydrogen) atoms. The van der Waals surface area contributed by atoms with Crippen LogP contribution in [0, 0.1) is 0 Å². The van der Waals surface area contributed by atoms with Crippen molar-refractivity contribution in [2.45, 2.75) is 0 Å². The molecule has 2 aromatic carbocycles. The van der Waals surface area contributed by atoms with Gasteiger partial charge in [-0.25, -0.2) is 0 Å². The molecule has 1 heterocycles. The van der Waals surface area contributed by atoms with E-state index in [2.05, 4.69) is 21.2 Å². The molecule has 0 spiro atoms. The molecule has 0 saturated heterocycles. The molecular formula is C18H12BrClN2O5. The molecule has 0 atom stereocenters. The number of amides is 3. The average Bonchev–Trinajstić information content (AvgIpc) is 2.88. The van der Waals surface area contributed by atoms with Crippen LogP contribution in [-0.4, -0.2) is 41.7 Å². The molecule has 7 nitrogen and oxygen atoms in total. The Labute approximate surface area is 167 Å². The maximum atomic E-state index is 12.2. The first-order chi connectivity index (χ1) is 12.9. The third kappa shape index (κ3) is 4.17. The van der Waals surface area contributed by atoms with Crippen LogP contribution in [0.1, 0.15) is 20.7 Å². The highest BCUT2D eigenvalue weighted by Gasteiger charge is 2.36. The van der Waals surface area contributed by atoms with E-state index in [9.17, 15) is 19.2 Å². The molecule has 0 aliphatic carbocycles. The van der Waals surface area contributed by atoms with Crippen molar-refractivity contribution in [2.75, 3.05) is 18.5 Å². The van der Waals surface area contributed by atoms with Gasteiger partial charge in [0.1, 0.15) is 6.54 Å². The highest BCUT2D eigenvalue weighted by Crippen LogP contribution is 2.25. The fraction of sp³-hybridized carbons (Fsp3) is 0.111. The van der Waals surface area contributed by atoms with Crippen molar-refractivity contribution in [1.29, 1.82) is 0 Å². The van der Waals surface area contributed by atoms with Crippen LogP contribution >= 0.6 is 27.5 Å². The van der Waals surface area contributed by atoms with Crippen LogP contribution in [0.2, 0.25) is 5.02 Å². The zero-order valence-electron chi connectivity index (χ0n) is 13.7. The van der Waals surface area contributed by atoms with Crippen molar-refractivity contribution >= 4 is 56.9 Å². The SMILES string of the molecule is O=C(COC(=O)CN1C(=O)c2ccccc2C1=O)Nc1ccc(Br)c(Cl)c1. The molecule has 3 rings (SSSR count). The number of anilines is 1. The standard InChI is InChI=1S/C18H12BrClN2O5/c19-13-6-5-10(7-14(13)20)21-15(23)9-27-16(24)8-22-17(25)11-3-1-2-4-12(11)18(22)26/h1-7H,8-9H2,(H,21,23).